The molecule has 1 atom stereocenters. The second kappa shape index (κ2) is 10.3. The van der Waals surface area contributed by atoms with Crippen LogP contribution in [0.4, 0.5) is 0 Å². The Balaban J connectivity index is 3.96. The molecule has 0 bridgehead atoms. The average molecular weight is 253 g/mol. The fourth-order valence-corrected chi connectivity index (χ4v) is 2.28. The molecular weight excluding hydrogens is 222 g/mol. The van der Waals surface area contributed by atoms with E-state index in [1.807, 2.05) is 7.05 Å². The van der Waals surface area contributed by atoms with Crippen LogP contribution in [0.5, 0.6) is 0 Å². The Morgan fingerprint density at radius 1 is 1.22 bits per heavy atom. The van der Waals surface area contributed by atoms with Crippen molar-refractivity contribution in [2.75, 3.05) is 13.6 Å². The van der Waals surface area contributed by atoms with Gasteiger partial charge < -0.3 is 5.32 Å². The lowest BCUT2D eigenvalue weighted by atomic mass is 9.85. The molecule has 0 unspecified atom stereocenters. The number of rotatable bonds is 11. The van der Waals surface area contributed by atoms with Gasteiger partial charge >= 0.3 is 0 Å². The van der Waals surface area contributed by atoms with Crippen molar-refractivity contribution in [1.82, 2.24) is 5.32 Å². The van der Waals surface area contributed by atoms with Gasteiger partial charge in [-0.25, -0.2) is 0 Å². The number of Topliss-reactive ketones (excluding diaryl/α,β-unsaturated/α-hetero) is 1. The lowest BCUT2D eigenvalue weighted by Crippen LogP contribution is -2.14. The lowest BCUT2D eigenvalue weighted by molar-refractivity contribution is -0.116. The highest BCUT2D eigenvalue weighted by molar-refractivity contribution is 5.95. The van der Waals surface area contributed by atoms with Gasteiger partial charge in [0.05, 0.1) is 0 Å². The molecule has 18 heavy (non-hydrogen) atoms. The monoisotopic (exact) mass is 253 g/mol. The third kappa shape index (κ3) is 7.65. The minimum atomic E-state index is 0.284. The van der Waals surface area contributed by atoms with E-state index in [1.165, 1.54) is 0 Å². The molecule has 1 N–H and O–H groups in total. The van der Waals surface area contributed by atoms with E-state index in [9.17, 15) is 4.79 Å². The number of carbonyl (C=O) groups is 1. The Labute approximate surface area is 113 Å². The van der Waals surface area contributed by atoms with Crippen LogP contribution in [0.3, 0.4) is 0 Å². The zero-order valence-corrected chi connectivity index (χ0v) is 12.7. The van der Waals surface area contributed by atoms with Crippen molar-refractivity contribution in [2.45, 2.75) is 59.3 Å². The Morgan fingerprint density at radius 2 is 1.89 bits per heavy atom. The normalized spacial score (nSPS) is 12.7. The fourth-order valence-electron chi connectivity index (χ4n) is 2.28. The van der Waals surface area contributed by atoms with Crippen LogP contribution in [0.25, 0.3) is 0 Å². The molecule has 0 aliphatic heterocycles. The van der Waals surface area contributed by atoms with E-state index in [2.05, 4.69) is 32.7 Å². The van der Waals surface area contributed by atoms with E-state index in [4.69, 9.17) is 0 Å². The molecule has 0 saturated carbocycles. The molecular formula is C16H31NO. The molecule has 2 nitrogen and oxygen atoms in total. The molecule has 0 saturated heterocycles. The molecule has 0 rings (SSSR count). The number of unbranched alkanes of at least 4 members (excludes halogenated alkanes) is 2. The topological polar surface area (TPSA) is 29.1 Å². The SMILES string of the molecule is C=C(C(=O)CCCCCNC)[C@H](CC)CC(C)C. The van der Waals surface area contributed by atoms with Crippen LogP contribution in [-0.4, -0.2) is 19.4 Å². The summed E-state index contributed by atoms with van der Waals surface area (Å²) < 4.78 is 0. The Morgan fingerprint density at radius 3 is 2.39 bits per heavy atom. The molecule has 0 aliphatic rings. The molecule has 0 aliphatic carbocycles. The number of hydrogen-bond acceptors (Lipinski definition) is 2. The molecule has 0 amide bonds. The highest BCUT2D eigenvalue weighted by Gasteiger charge is 2.17. The first-order chi connectivity index (χ1) is 8.52. The summed E-state index contributed by atoms with van der Waals surface area (Å²) in [6.45, 7) is 11.6. The van der Waals surface area contributed by atoms with Crippen molar-refractivity contribution < 1.29 is 4.79 Å². The number of hydrogen-bond donors (Lipinski definition) is 1. The van der Waals surface area contributed by atoms with Gasteiger partial charge in [0, 0.05) is 6.42 Å². The van der Waals surface area contributed by atoms with Crippen LogP contribution in [0, 0.1) is 11.8 Å². The second-order valence-electron chi connectivity index (χ2n) is 5.60. The number of nitrogens with one attached hydrogen (secondary N) is 1. The predicted octanol–water partition coefficient (Wildman–Crippen LogP) is 3.96. The lowest BCUT2D eigenvalue weighted by Gasteiger charge is -2.19. The van der Waals surface area contributed by atoms with Gasteiger partial charge in [0.2, 0.25) is 0 Å². The van der Waals surface area contributed by atoms with Crippen molar-refractivity contribution in [2.24, 2.45) is 11.8 Å². The summed E-state index contributed by atoms with van der Waals surface area (Å²) in [5.41, 5.74) is 0.861. The van der Waals surface area contributed by atoms with Gasteiger partial charge in [-0.05, 0) is 56.7 Å². The molecule has 0 radical (unpaired) electrons. The first-order valence-electron chi connectivity index (χ1n) is 7.39. The molecule has 0 heterocycles. The standard InChI is InChI=1S/C16H31NO/c1-6-15(12-13(2)3)14(4)16(18)10-8-7-9-11-17-5/h13,15,17H,4,6-12H2,1-3,5H3/t15-/m1/s1. The fraction of sp³-hybridized carbons (Fsp3) is 0.812. The molecule has 0 aromatic heterocycles. The van der Waals surface area contributed by atoms with E-state index >= 15 is 0 Å². The summed E-state index contributed by atoms with van der Waals surface area (Å²) in [7, 11) is 1.96. The van der Waals surface area contributed by atoms with Crippen LogP contribution >= 0.6 is 0 Å². The van der Waals surface area contributed by atoms with Crippen molar-refractivity contribution >= 4 is 5.78 Å². The Hall–Kier alpha value is -0.630. The number of allylic oxidation sites excluding steroid dienone is 1. The highest BCUT2D eigenvalue weighted by Crippen LogP contribution is 2.24. The van der Waals surface area contributed by atoms with Gasteiger partial charge in [0.15, 0.2) is 5.78 Å². The summed E-state index contributed by atoms with van der Waals surface area (Å²) in [5.74, 6) is 1.30. The first kappa shape index (κ1) is 17.4. The van der Waals surface area contributed by atoms with Crippen molar-refractivity contribution in [3.05, 3.63) is 12.2 Å². The molecule has 0 aromatic carbocycles. The summed E-state index contributed by atoms with van der Waals surface area (Å²) in [4.78, 5) is 12.0. The third-order valence-corrected chi connectivity index (χ3v) is 3.43. The zero-order chi connectivity index (χ0) is 14.0. The third-order valence-electron chi connectivity index (χ3n) is 3.43. The van der Waals surface area contributed by atoms with Gasteiger partial charge in [0.1, 0.15) is 0 Å². The first-order valence-corrected chi connectivity index (χ1v) is 7.39. The maximum absolute atomic E-state index is 12.0. The van der Waals surface area contributed by atoms with E-state index in [1.54, 1.807) is 0 Å². The largest absolute Gasteiger partial charge is 0.320 e. The van der Waals surface area contributed by atoms with E-state index in [0.717, 1.165) is 44.2 Å². The summed E-state index contributed by atoms with van der Waals surface area (Å²) in [5, 5.41) is 3.13. The van der Waals surface area contributed by atoms with Gasteiger partial charge in [-0.2, -0.15) is 0 Å². The van der Waals surface area contributed by atoms with E-state index in [-0.39, 0.29) is 5.78 Å². The highest BCUT2D eigenvalue weighted by atomic mass is 16.1. The zero-order valence-electron chi connectivity index (χ0n) is 12.7. The van der Waals surface area contributed by atoms with Crippen LogP contribution in [0.15, 0.2) is 12.2 Å². The number of ketones is 1. The van der Waals surface area contributed by atoms with E-state index < -0.39 is 0 Å². The maximum atomic E-state index is 12.0. The molecule has 0 fully saturated rings. The van der Waals surface area contributed by atoms with Crippen LogP contribution in [-0.2, 0) is 4.79 Å². The summed E-state index contributed by atoms with van der Waals surface area (Å²) in [6.07, 6.45) is 6.07. The molecule has 106 valence electrons. The van der Waals surface area contributed by atoms with Gasteiger partial charge in [-0.15, -0.1) is 0 Å². The Kier molecular flexibility index (Phi) is 9.95. The summed E-state index contributed by atoms with van der Waals surface area (Å²) >= 11 is 0. The predicted molar refractivity (Wildman–Crippen MR) is 79.8 cm³/mol. The maximum Gasteiger partial charge on any atom is 0.158 e. The van der Waals surface area contributed by atoms with Gasteiger partial charge in [0.25, 0.3) is 0 Å². The molecule has 2 heteroatoms. The van der Waals surface area contributed by atoms with Crippen LogP contribution in [0.2, 0.25) is 0 Å². The summed E-state index contributed by atoms with van der Waals surface area (Å²) in [6, 6.07) is 0. The van der Waals surface area contributed by atoms with Crippen molar-refractivity contribution in [3.63, 3.8) is 0 Å². The van der Waals surface area contributed by atoms with Gasteiger partial charge in [-0.3, -0.25) is 4.79 Å². The minimum Gasteiger partial charge on any atom is -0.320 e. The van der Waals surface area contributed by atoms with Crippen molar-refractivity contribution in [3.8, 4) is 0 Å². The quantitative estimate of drug-likeness (QED) is 0.446. The second-order valence-corrected chi connectivity index (χ2v) is 5.60. The minimum absolute atomic E-state index is 0.284. The molecule has 0 spiro atoms. The van der Waals surface area contributed by atoms with Crippen LogP contribution in [0.1, 0.15) is 59.3 Å². The van der Waals surface area contributed by atoms with Gasteiger partial charge in [-0.1, -0.05) is 33.8 Å². The number of carbonyl (C=O) groups excluding carboxylic acids is 1. The molecule has 0 aromatic rings. The smallest absolute Gasteiger partial charge is 0.158 e. The van der Waals surface area contributed by atoms with E-state index in [0.29, 0.717) is 18.3 Å². The van der Waals surface area contributed by atoms with Crippen molar-refractivity contribution in [1.29, 1.82) is 0 Å². The van der Waals surface area contributed by atoms with Crippen LogP contribution < -0.4 is 5.32 Å². The average Bonchev–Trinajstić information content (AvgIpc) is 2.34. The Bertz CT molecular complexity index is 245.